The van der Waals surface area contributed by atoms with Crippen molar-refractivity contribution in [2.75, 3.05) is 0 Å². The van der Waals surface area contributed by atoms with Gasteiger partial charge in [-0.1, -0.05) is 78.9 Å². The lowest BCUT2D eigenvalue weighted by Gasteiger charge is -2.30. The summed E-state index contributed by atoms with van der Waals surface area (Å²) in [5.41, 5.74) is 11.3. The van der Waals surface area contributed by atoms with E-state index in [-0.39, 0.29) is 0 Å². The third-order valence-electron chi connectivity index (χ3n) is 9.32. The predicted molar refractivity (Wildman–Crippen MR) is 183 cm³/mol. The molecule has 2 aliphatic carbocycles. The van der Waals surface area contributed by atoms with Crippen LogP contribution >= 0.6 is 11.3 Å². The Kier molecular flexibility index (Phi) is 5.30. The number of hydrogen-bond acceptors (Lipinski definition) is 6. The molecule has 10 rings (SSSR count). The Hall–Kier alpha value is -5.85. The van der Waals surface area contributed by atoms with Crippen molar-refractivity contribution in [3.63, 3.8) is 0 Å². The summed E-state index contributed by atoms with van der Waals surface area (Å²) < 4.78 is 1.32. The Morgan fingerprint density at radius 1 is 0.478 bits per heavy atom. The molecule has 4 aromatic carbocycles. The van der Waals surface area contributed by atoms with Crippen molar-refractivity contribution in [2.24, 2.45) is 0 Å². The van der Waals surface area contributed by atoms with Crippen LogP contribution in [0, 0.1) is 0 Å². The second kappa shape index (κ2) is 9.57. The van der Waals surface area contributed by atoms with Crippen LogP contribution in [0.2, 0.25) is 0 Å². The Bertz CT molecular complexity index is 2430. The van der Waals surface area contributed by atoms with Crippen LogP contribution in [0.25, 0.3) is 65.8 Å². The first-order chi connectivity index (χ1) is 22.8. The fourth-order valence-electron chi connectivity index (χ4n) is 7.49. The van der Waals surface area contributed by atoms with Gasteiger partial charge in [-0.05, 0) is 80.7 Å². The van der Waals surface area contributed by atoms with Gasteiger partial charge in [-0.25, -0.2) is 15.0 Å². The molecule has 0 fully saturated rings. The van der Waals surface area contributed by atoms with Gasteiger partial charge in [0.2, 0.25) is 0 Å². The largest absolute Gasteiger partial charge is 0.264 e. The molecule has 0 N–H and O–H groups in total. The molecule has 4 heterocycles. The zero-order valence-electron chi connectivity index (χ0n) is 24.4. The van der Waals surface area contributed by atoms with Crippen LogP contribution in [0.3, 0.4) is 0 Å². The highest BCUT2D eigenvalue weighted by atomic mass is 32.1. The molecule has 0 bridgehead atoms. The summed E-state index contributed by atoms with van der Waals surface area (Å²) in [6.45, 7) is 0. The normalized spacial score (nSPS) is 15.5. The number of nitrogens with zero attached hydrogens (tertiary/aromatic N) is 5. The highest BCUT2D eigenvalue weighted by molar-refractivity contribution is 7.22. The number of thiophene rings is 1. The SMILES string of the molecule is c1cncc(-c2nc(-c3cccnc3)nc(-c3ccc4c(c3)-c3ccccc3C43c4ccccc4-c4sc5ccccc5c43)n2)c1. The molecule has 5 nitrogen and oxygen atoms in total. The number of fused-ring (bicyclic) bond motifs is 12. The summed E-state index contributed by atoms with van der Waals surface area (Å²) in [6, 6.07) is 41.2. The van der Waals surface area contributed by atoms with Gasteiger partial charge in [0.25, 0.3) is 0 Å². The van der Waals surface area contributed by atoms with Gasteiger partial charge in [-0.15, -0.1) is 11.3 Å². The lowest BCUT2D eigenvalue weighted by atomic mass is 9.70. The van der Waals surface area contributed by atoms with Gasteiger partial charge in [-0.3, -0.25) is 9.97 Å². The zero-order valence-corrected chi connectivity index (χ0v) is 25.2. The molecule has 0 radical (unpaired) electrons. The molecule has 0 saturated carbocycles. The molecule has 2 aliphatic rings. The van der Waals surface area contributed by atoms with E-state index in [1.807, 2.05) is 35.6 Å². The third kappa shape index (κ3) is 3.42. The van der Waals surface area contributed by atoms with Crippen LogP contribution in [-0.2, 0) is 5.41 Å². The van der Waals surface area contributed by atoms with Gasteiger partial charge >= 0.3 is 0 Å². The van der Waals surface area contributed by atoms with E-state index in [0.717, 1.165) is 16.7 Å². The lowest BCUT2D eigenvalue weighted by Crippen LogP contribution is -2.25. The van der Waals surface area contributed by atoms with E-state index in [4.69, 9.17) is 15.0 Å². The summed E-state index contributed by atoms with van der Waals surface area (Å²) in [7, 11) is 0. The van der Waals surface area contributed by atoms with Crippen molar-refractivity contribution >= 4 is 21.4 Å². The molecule has 0 amide bonds. The summed E-state index contributed by atoms with van der Waals surface area (Å²) >= 11 is 1.90. The minimum Gasteiger partial charge on any atom is -0.264 e. The number of rotatable bonds is 3. The minimum atomic E-state index is -0.406. The average molecular weight is 606 g/mol. The Morgan fingerprint density at radius 2 is 1.07 bits per heavy atom. The van der Waals surface area contributed by atoms with Crippen LogP contribution in [0.1, 0.15) is 22.3 Å². The first-order valence-electron chi connectivity index (χ1n) is 15.2. The lowest BCUT2D eigenvalue weighted by molar-refractivity contribution is 0.802. The van der Waals surface area contributed by atoms with E-state index in [1.165, 1.54) is 53.9 Å². The highest BCUT2D eigenvalue weighted by Gasteiger charge is 2.53. The van der Waals surface area contributed by atoms with Gasteiger partial charge in [0, 0.05) is 51.1 Å². The first kappa shape index (κ1) is 25.5. The molecule has 8 aromatic rings. The molecule has 0 saturated heterocycles. The number of benzene rings is 4. The number of hydrogen-bond donors (Lipinski definition) is 0. The van der Waals surface area contributed by atoms with Crippen LogP contribution in [-0.4, -0.2) is 24.9 Å². The smallest absolute Gasteiger partial charge is 0.165 e. The average Bonchev–Trinajstić information content (AvgIpc) is 3.76. The zero-order chi connectivity index (χ0) is 30.2. The Balaban J connectivity index is 1.24. The van der Waals surface area contributed by atoms with Crippen LogP contribution < -0.4 is 0 Å². The third-order valence-corrected chi connectivity index (χ3v) is 10.5. The molecule has 1 spiro atoms. The highest BCUT2D eigenvalue weighted by Crippen LogP contribution is 2.66. The molecule has 6 heteroatoms. The van der Waals surface area contributed by atoms with Crippen molar-refractivity contribution in [1.82, 2.24) is 24.9 Å². The van der Waals surface area contributed by atoms with Crippen molar-refractivity contribution in [2.45, 2.75) is 5.41 Å². The molecule has 46 heavy (non-hydrogen) atoms. The fraction of sp³-hybridized carbons (Fsp3) is 0.0250. The van der Waals surface area contributed by atoms with Gasteiger partial charge in [-0.2, -0.15) is 0 Å². The van der Waals surface area contributed by atoms with Crippen molar-refractivity contribution in [1.29, 1.82) is 0 Å². The van der Waals surface area contributed by atoms with E-state index in [2.05, 4.69) is 101 Å². The summed E-state index contributed by atoms with van der Waals surface area (Å²) in [5, 5.41) is 1.32. The quantitative estimate of drug-likeness (QED) is 0.201. The van der Waals surface area contributed by atoms with E-state index in [9.17, 15) is 0 Å². The topological polar surface area (TPSA) is 64.5 Å². The summed E-state index contributed by atoms with van der Waals surface area (Å²) in [5.74, 6) is 1.77. The standard InChI is InChI=1S/C40H23N5S/c1-4-14-31-27(11-1)30-21-24(37-43-38(25-9-7-19-41-22-25)45-39(44-37)26-10-8-20-42-23-26)17-18-33(30)40(31)32-15-5-2-12-28(32)36-35(40)29-13-3-6-16-34(29)46-36/h1-23H. The maximum Gasteiger partial charge on any atom is 0.165 e. The first-order valence-corrected chi connectivity index (χ1v) is 16.1. The van der Waals surface area contributed by atoms with Gasteiger partial charge < -0.3 is 0 Å². The predicted octanol–water partition coefficient (Wildman–Crippen LogP) is 9.22. The maximum absolute atomic E-state index is 4.99. The minimum absolute atomic E-state index is 0.406. The van der Waals surface area contributed by atoms with Crippen molar-refractivity contribution in [3.05, 3.63) is 162 Å². The molecule has 1 unspecified atom stereocenters. The fourth-order valence-corrected chi connectivity index (χ4v) is 8.79. The van der Waals surface area contributed by atoms with Gasteiger partial charge in [0.15, 0.2) is 17.5 Å². The Morgan fingerprint density at radius 3 is 1.76 bits per heavy atom. The van der Waals surface area contributed by atoms with Gasteiger partial charge in [0.05, 0.1) is 5.41 Å². The van der Waals surface area contributed by atoms with E-state index in [1.54, 1.807) is 24.8 Å². The monoisotopic (exact) mass is 605 g/mol. The molecular formula is C40H23N5S. The van der Waals surface area contributed by atoms with Crippen molar-refractivity contribution < 1.29 is 0 Å². The maximum atomic E-state index is 4.99. The summed E-state index contributed by atoms with van der Waals surface area (Å²) in [6.07, 6.45) is 7.08. The van der Waals surface area contributed by atoms with Crippen molar-refractivity contribution in [3.8, 4) is 55.7 Å². The second-order valence-electron chi connectivity index (χ2n) is 11.7. The van der Waals surface area contributed by atoms with Crippen LogP contribution in [0.5, 0.6) is 0 Å². The van der Waals surface area contributed by atoms with Crippen LogP contribution in [0.15, 0.2) is 140 Å². The second-order valence-corrected chi connectivity index (χ2v) is 12.7. The molecule has 4 aromatic heterocycles. The molecule has 214 valence electrons. The molecule has 0 aliphatic heterocycles. The summed E-state index contributed by atoms with van der Waals surface area (Å²) in [4.78, 5) is 24.8. The van der Waals surface area contributed by atoms with E-state index in [0.29, 0.717) is 17.5 Å². The van der Waals surface area contributed by atoms with Gasteiger partial charge in [0.1, 0.15) is 0 Å². The molecular weight excluding hydrogens is 583 g/mol. The van der Waals surface area contributed by atoms with E-state index < -0.39 is 5.41 Å². The van der Waals surface area contributed by atoms with Crippen LogP contribution in [0.4, 0.5) is 0 Å². The van der Waals surface area contributed by atoms with E-state index >= 15 is 0 Å². The number of aromatic nitrogens is 5. The Labute approximate surface area is 269 Å². The molecule has 1 atom stereocenters. The number of pyridine rings is 2.